The second kappa shape index (κ2) is 7.25. The molecule has 1 fully saturated rings. The van der Waals surface area contributed by atoms with Crippen molar-refractivity contribution >= 4 is 6.08 Å². The van der Waals surface area contributed by atoms with Crippen LogP contribution in [0.15, 0.2) is 36.4 Å². The van der Waals surface area contributed by atoms with Gasteiger partial charge in [-0.2, -0.15) is 0 Å². The zero-order valence-corrected chi connectivity index (χ0v) is 10.3. The van der Waals surface area contributed by atoms with E-state index in [9.17, 15) is 0 Å². The van der Waals surface area contributed by atoms with E-state index < -0.39 is 0 Å². The van der Waals surface area contributed by atoms with E-state index in [0.717, 1.165) is 32.2 Å². The van der Waals surface area contributed by atoms with Gasteiger partial charge in [0, 0.05) is 6.61 Å². The molecule has 0 aliphatic carbocycles. The number of hydrogen-bond donors (Lipinski definition) is 1. The zero-order chi connectivity index (χ0) is 11.8. The zero-order valence-electron chi connectivity index (χ0n) is 10.3. The summed E-state index contributed by atoms with van der Waals surface area (Å²) in [5, 5.41) is 3.37. The van der Waals surface area contributed by atoms with Crippen molar-refractivity contribution < 1.29 is 4.74 Å². The second-order valence-corrected chi connectivity index (χ2v) is 4.54. The molecule has 2 rings (SSSR count). The molecule has 0 amide bonds. The Morgan fingerprint density at radius 2 is 1.94 bits per heavy atom. The maximum Gasteiger partial charge on any atom is 0.0650 e. The average molecular weight is 231 g/mol. The fourth-order valence-electron chi connectivity index (χ4n) is 2.10. The lowest BCUT2D eigenvalue weighted by molar-refractivity contribution is 0.109. The van der Waals surface area contributed by atoms with Crippen LogP contribution in [-0.2, 0) is 4.74 Å². The Morgan fingerprint density at radius 1 is 1.18 bits per heavy atom. The minimum absolute atomic E-state index is 0.721. The van der Waals surface area contributed by atoms with Crippen molar-refractivity contribution in [2.24, 2.45) is 5.92 Å². The first-order chi connectivity index (χ1) is 8.45. The summed E-state index contributed by atoms with van der Waals surface area (Å²) >= 11 is 0. The second-order valence-electron chi connectivity index (χ2n) is 4.54. The van der Waals surface area contributed by atoms with Crippen molar-refractivity contribution in [1.82, 2.24) is 5.32 Å². The predicted molar refractivity (Wildman–Crippen MR) is 71.9 cm³/mol. The molecular weight excluding hydrogens is 210 g/mol. The fourth-order valence-corrected chi connectivity index (χ4v) is 2.10. The maximum absolute atomic E-state index is 5.68. The molecule has 0 radical (unpaired) electrons. The van der Waals surface area contributed by atoms with Crippen molar-refractivity contribution in [3.8, 4) is 0 Å². The van der Waals surface area contributed by atoms with E-state index in [2.05, 4.69) is 41.7 Å². The first-order valence-electron chi connectivity index (χ1n) is 6.45. The molecule has 1 aromatic rings. The Balaban J connectivity index is 1.61. The van der Waals surface area contributed by atoms with E-state index in [1.165, 1.54) is 18.4 Å². The standard InChI is InChI=1S/C15H21NO/c1-2-5-14(6-3-1)7-4-12-17-13-15-8-10-16-11-9-15/h1-7,15-16H,8-13H2/b7-4+. The average Bonchev–Trinajstić information content (AvgIpc) is 2.41. The quantitative estimate of drug-likeness (QED) is 0.787. The Kier molecular flexibility index (Phi) is 5.27. The smallest absolute Gasteiger partial charge is 0.0650 e. The SMILES string of the molecule is C(=C\c1ccccc1)/COCC1CCNCC1. The van der Waals surface area contributed by atoms with Crippen molar-refractivity contribution in [3.05, 3.63) is 42.0 Å². The minimum Gasteiger partial charge on any atom is -0.377 e. The first kappa shape index (κ1) is 12.3. The molecule has 1 heterocycles. The van der Waals surface area contributed by atoms with Gasteiger partial charge >= 0.3 is 0 Å². The summed E-state index contributed by atoms with van der Waals surface area (Å²) in [4.78, 5) is 0. The number of hydrogen-bond acceptors (Lipinski definition) is 2. The third-order valence-corrected chi connectivity index (χ3v) is 3.14. The predicted octanol–water partition coefficient (Wildman–Crippen LogP) is 2.72. The van der Waals surface area contributed by atoms with Crippen LogP contribution in [0.3, 0.4) is 0 Å². The van der Waals surface area contributed by atoms with Crippen LogP contribution in [0.1, 0.15) is 18.4 Å². The summed E-state index contributed by atoms with van der Waals surface area (Å²) in [5.41, 5.74) is 1.23. The van der Waals surface area contributed by atoms with Crippen molar-refractivity contribution in [2.45, 2.75) is 12.8 Å². The Labute approximate surface area is 104 Å². The van der Waals surface area contributed by atoms with Gasteiger partial charge in [0.2, 0.25) is 0 Å². The van der Waals surface area contributed by atoms with Gasteiger partial charge in [0.05, 0.1) is 6.61 Å². The summed E-state index contributed by atoms with van der Waals surface area (Å²) in [6.45, 7) is 3.92. The molecule has 92 valence electrons. The molecule has 0 aromatic heterocycles. The molecule has 2 heteroatoms. The fraction of sp³-hybridized carbons (Fsp3) is 0.467. The summed E-state index contributed by atoms with van der Waals surface area (Å²) < 4.78 is 5.68. The van der Waals surface area contributed by atoms with Crippen LogP contribution < -0.4 is 5.32 Å². The Morgan fingerprint density at radius 3 is 2.71 bits per heavy atom. The van der Waals surface area contributed by atoms with Crippen LogP contribution in [-0.4, -0.2) is 26.3 Å². The molecule has 1 saturated heterocycles. The number of ether oxygens (including phenoxy) is 1. The molecule has 1 aliphatic rings. The number of nitrogens with one attached hydrogen (secondary N) is 1. The van der Waals surface area contributed by atoms with Gasteiger partial charge in [0.15, 0.2) is 0 Å². The molecule has 1 aromatic carbocycles. The molecule has 2 nitrogen and oxygen atoms in total. The van der Waals surface area contributed by atoms with Gasteiger partial charge in [0.25, 0.3) is 0 Å². The maximum atomic E-state index is 5.68. The van der Waals surface area contributed by atoms with Crippen LogP contribution in [0, 0.1) is 5.92 Å². The highest BCUT2D eigenvalue weighted by Crippen LogP contribution is 2.11. The number of rotatable bonds is 5. The van der Waals surface area contributed by atoms with Gasteiger partial charge in [-0.15, -0.1) is 0 Å². The van der Waals surface area contributed by atoms with Crippen LogP contribution >= 0.6 is 0 Å². The lowest BCUT2D eigenvalue weighted by Crippen LogP contribution is -2.29. The van der Waals surface area contributed by atoms with Crippen LogP contribution in [0.5, 0.6) is 0 Å². The van der Waals surface area contributed by atoms with Gasteiger partial charge in [-0.1, -0.05) is 42.5 Å². The Bertz CT molecular complexity index is 328. The van der Waals surface area contributed by atoms with Gasteiger partial charge < -0.3 is 10.1 Å². The summed E-state index contributed by atoms with van der Waals surface area (Å²) in [6, 6.07) is 10.3. The highest BCUT2D eigenvalue weighted by Gasteiger charge is 2.11. The van der Waals surface area contributed by atoms with E-state index in [0.29, 0.717) is 0 Å². The third kappa shape index (κ3) is 4.72. The molecule has 0 saturated carbocycles. The van der Waals surface area contributed by atoms with E-state index in [1.54, 1.807) is 0 Å². The summed E-state index contributed by atoms with van der Waals surface area (Å²) in [6.07, 6.45) is 6.71. The van der Waals surface area contributed by atoms with E-state index in [4.69, 9.17) is 4.74 Å². The van der Waals surface area contributed by atoms with Gasteiger partial charge in [-0.05, 0) is 37.4 Å². The van der Waals surface area contributed by atoms with Gasteiger partial charge in [-0.25, -0.2) is 0 Å². The molecule has 0 atom stereocenters. The van der Waals surface area contributed by atoms with Crippen LogP contribution in [0.25, 0.3) is 6.08 Å². The minimum atomic E-state index is 0.721. The Hall–Kier alpha value is -1.12. The summed E-state index contributed by atoms with van der Waals surface area (Å²) in [7, 11) is 0. The van der Waals surface area contributed by atoms with E-state index >= 15 is 0 Å². The normalized spacial score (nSPS) is 17.6. The lowest BCUT2D eigenvalue weighted by atomic mass is 9.99. The highest BCUT2D eigenvalue weighted by molar-refractivity contribution is 5.48. The molecule has 0 bridgehead atoms. The largest absolute Gasteiger partial charge is 0.377 e. The topological polar surface area (TPSA) is 21.3 Å². The molecule has 0 unspecified atom stereocenters. The lowest BCUT2D eigenvalue weighted by Gasteiger charge is -2.21. The highest BCUT2D eigenvalue weighted by atomic mass is 16.5. The molecule has 1 N–H and O–H groups in total. The molecule has 1 aliphatic heterocycles. The third-order valence-electron chi connectivity index (χ3n) is 3.14. The van der Waals surface area contributed by atoms with Crippen molar-refractivity contribution in [3.63, 3.8) is 0 Å². The number of benzene rings is 1. The van der Waals surface area contributed by atoms with Crippen molar-refractivity contribution in [2.75, 3.05) is 26.3 Å². The monoisotopic (exact) mass is 231 g/mol. The molecule has 17 heavy (non-hydrogen) atoms. The molecule has 0 spiro atoms. The van der Waals surface area contributed by atoms with E-state index in [1.807, 2.05) is 6.07 Å². The van der Waals surface area contributed by atoms with Crippen molar-refractivity contribution in [1.29, 1.82) is 0 Å². The van der Waals surface area contributed by atoms with Crippen LogP contribution in [0.4, 0.5) is 0 Å². The van der Waals surface area contributed by atoms with Gasteiger partial charge in [0.1, 0.15) is 0 Å². The first-order valence-corrected chi connectivity index (χ1v) is 6.45. The molecular formula is C15H21NO. The van der Waals surface area contributed by atoms with Gasteiger partial charge in [-0.3, -0.25) is 0 Å². The summed E-state index contributed by atoms with van der Waals surface area (Å²) in [5.74, 6) is 0.751. The van der Waals surface area contributed by atoms with Crippen LogP contribution in [0.2, 0.25) is 0 Å². The number of piperidine rings is 1. The van der Waals surface area contributed by atoms with E-state index in [-0.39, 0.29) is 0 Å².